The van der Waals surface area contributed by atoms with Crippen molar-refractivity contribution >= 4 is 17.7 Å². The maximum absolute atomic E-state index is 13.0. The Labute approximate surface area is 179 Å². The molecule has 0 heterocycles. The summed E-state index contributed by atoms with van der Waals surface area (Å²) in [5.41, 5.74) is 0.0231. The van der Waals surface area contributed by atoms with E-state index in [1.54, 1.807) is 20.8 Å². The molecule has 0 aliphatic carbocycles. The van der Waals surface area contributed by atoms with Crippen LogP contribution in [0.4, 0.5) is 13.2 Å². The lowest BCUT2D eigenvalue weighted by molar-refractivity contribution is -0.165. The molecule has 0 saturated carbocycles. The average molecular weight is 447 g/mol. The summed E-state index contributed by atoms with van der Waals surface area (Å²) in [7, 11) is 1.33. The maximum Gasteiger partial charge on any atom is 0.401 e. The molecule has 1 rings (SSSR count). The first-order valence-electron chi connectivity index (χ1n) is 9.51. The van der Waals surface area contributed by atoms with Crippen LogP contribution in [0.1, 0.15) is 38.8 Å². The van der Waals surface area contributed by atoms with E-state index in [9.17, 15) is 32.7 Å². The fourth-order valence-electron chi connectivity index (χ4n) is 2.92. The van der Waals surface area contributed by atoms with E-state index in [2.05, 4.69) is 0 Å². The Morgan fingerprint density at radius 2 is 1.77 bits per heavy atom. The minimum atomic E-state index is -4.53. The molecule has 0 saturated heterocycles. The van der Waals surface area contributed by atoms with Crippen LogP contribution < -0.4 is 4.74 Å². The van der Waals surface area contributed by atoms with Gasteiger partial charge in [0.1, 0.15) is 23.1 Å². The van der Waals surface area contributed by atoms with Gasteiger partial charge in [0.05, 0.1) is 20.2 Å². The highest BCUT2D eigenvalue weighted by Gasteiger charge is 2.32. The van der Waals surface area contributed by atoms with Crippen molar-refractivity contribution in [3.8, 4) is 5.75 Å². The van der Waals surface area contributed by atoms with Gasteiger partial charge in [-0.1, -0.05) is 12.1 Å². The molecule has 7 nitrogen and oxygen atoms in total. The van der Waals surface area contributed by atoms with Crippen molar-refractivity contribution < 1.29 is 42.1 Å². The van der Waals surface area contributed by atoms with Crippen molar-refractivity contribution in [2.75, 3.05) is 20.2 Å². The van der Waals surface area contributed by atoms with Crippen LogP contribution in [0.3, 0.4) is 0 Å². The van der Waals surface area contributed by atoms with Gasteiger partial charge in [0.2, 0.25) is 0 Å². The van der Waals surface area contributed by atoms with Gasteiger partial charge in [0.15, 0.2) is 0 Å². The van der Waals surface area contributed by atoms with E-state index in [1.807, 2.05) is 0 Å². The topological polar surface area (TPSA) is 93.1 Å². The van der Waals surface area contributed by atoms with E-state index in [4.69, 9.17) is 9.47 Å². The summed E-state index contributed by atoms with van der Waals surface area (Å²) in [4.78, 5) is 35.8. The Morgan fingerprint density at radius 3 is 2.23 bits per heavy atom. The largest absolute Gasteiger partial charge is 0.496 e. The second kappa shape index (κ2) is 10.6. The molecule has 1 unspecified atom stereocenters. The van der Waals surface area contributed by atoms with Crippen molar-refractivity contribution in [3.63, 3.8) is 0 Å². The number of nitrogens with zero attached hydrogens (tertiary/aromatic N) is 1. The predicted octanol–water partition coefficient (Wildman–Crippen LogP) is 3.23. The highest BCUT2D eigenvalue weighted by Crippen LogP contribution is 2.26. The summed E-state index contributed by atoms with van der Waals surface area (Å²) in [6.45, 7) is 3.93. The van der Waals surface area contributed by atoms with Gasteiger partial charge in [-0.05, 0) is 51.3 Å². The van der Waals surface area contributed by atoms with Crippen LogP contribution in [-0.4, -0.2) is 59.7 Å². The van der Waals surface area contributed by atoms with Gasteiger partial charge in [-0.3, -0.25) is 19.3 Å². The number of ether oxygens (including phenoxy) is 2. The first-order valence-corrected chi connectivity index (χ1v) is 9.51. The van der Waals surface area contributed by atoms with Crippen LogP contribution >= 0.6 is 0 Å². The molecule has 1 aromatic carbocycles. The normalized spacial score (nSPS) is 13.1. The van der Waals surface area contributed by atoms with Gasteiger partial charge in [0.25, 0.3) is 0 Å². The molecular weight excluding hydrogens is 419 g/mol. The Balaban J connectivity index is 3.07. The van der Waals surface area contributed by atoms with E-state index in [-0.39, 0.29) is 18.7 Å². The first-order chi connectivity index (χ1) is 14.1. The molecule has 1 atom stereocenters. The number of methoxy groups -OCH3 is 1. The third-order valence-corrected chi connectivity index (χ3v) is 4.15. The lowest BCUT2D eigenvalue weighted by Gasteiger charge is -2.26. The molecule has 0 bridgehead atoms. The summed E-state index contributed by atoms with van der Waals surface area (Å²) >= 11 is 0. The van der Waals surface area contributed by atoms with Gasteiger partial charge in [-0.15, -0.1) is 0 Å². The molecule has 0 fully saturated rings. The monoisotopic (exact) mass is 447 g/mol. The maximum atomic E-state index is 13.0. The number of carbonyl (C=O) groups is 3. The van der Waals surface area contributed by atoms with Gasteiger partial charge in [-0.25, -0.2) is 0 Å². The van der Waals surface area contributed by atoms with Gasteiger partial charge < -0.3 is 14.6 Å². The van der Waals surface area contributed by atoms with Crippen LogP contribution in [-0.2, 0) is 32.1 Å². The zero-order valence-corrected chi connectivity index (χ0v) is 18.2. The van der Waals surface area contributed by atoms with E-state index < -0.39 is 48.5 Å². The quantitative estimate of drug-likeness (QED) is 0.435. The van der Waals surface area contributed by atoms with E-state index in [1.165, 1.54) is 32.2 Å². The van der Waals surface area contributed by atoms with Crippen molar-refractivity contribution in [1.29, 1.82) is 0 Å². The number of esters is 1. The zero-order chi connectivity index (χ0) is 24.0. The second-order valence-electron chi connectivity index (χ2n) is 8.20. The molecule has 174 valence electrons. The molecule has 0 aliphatic rings. The van der Waals surface area contributed by atoms with Crippen molar-refractivity contribution in [1.82, 2.24) is 4.90 Å². The number of carbonyl (C=O) groups excluding carboxylic acids is 2. The fraction of sp³-hybridized carbons (Fsp3) is 0.571. The molecular formula is C21H28F3NO6. The number of Topliss-reactive ketones (excluding diaryl/α,β-unsaturated/α-hetero) is 1. The number of halogens is 3. The number of rotatable bonds is 10. The Bertz CT molecular complexity index is 787. The summed E-state index contributed by atoms with van der Waals surface area (Å²) < 4.78 is 49.3. The molecule has 0 aliphatic heterocycles. The minimum Gasteiger partial charge on any atom is -0.496 e. The van der Waals surface area contributed by atoms with Crippen molar-refractivity contribution in [2.24, 2.45) is 5.92 Å². The number of hydrogen-bond acceptors (Lipinski definition) is 6. The number of hydrogen-bond donors (Lipinski definition) is 1. The van der Waals surface area contributed by atoms with Gasteiger partial charge in [-0.2, -0.15) is 13.2 Å². The third-order valence-electron chi connectivity index (χ3n) is 4.15. The molecule has 0 amide bonds. The lowest BCUT2D eigenvalue weighted by Crippen LogP contribution is -2.39. The summed E-state index contributed by atoms with van der Waals surface area (Å²) in [5.74, 6) is -3.59. The number of carboxylic acids is 1. The summed E-state index contributed by atoms with van der Waals surface area (Å²) in [5, 5.41) is 9.20. The van der Waals surface area contributed by atoms with Crippen molar-refractivity contribution in [2.45, 2.75) is 52.4 Å². The van der Waals surface area contributed by atoms with Gasteiger partial charge in [0, 0.05) is 6.54 Å². The molecule has 1 aromatic rings. The number of ketones is 1. The molecule has 10 heteroatoms. The van der Waals surface area contributed by atoms with Crippen LogP contribution in [0.25, 0.3) is 0 Å². The number of carboxylic acid groups (broad SMARTS) is 1. The SMILES string of the molecule is COc1cc(CN(CC(=O)OC(C)(C)C)CC(F)(F)F)ccc1CC(C(C)=O)C(=O)O. The second-order valence-corrected chi connectivity index (χ2v) is 8.20. The van der Waals surface area contributed by atoms with E-state index >= 15 is 0 Å². The predicted molar refractivity (Wildman–Crippen MR) is 106 cm³/mol. The number of alkyl halides is 3. The zero-order valence-electron chi connectivity index (χ0n) is 18.2. The molecule has 31 heavy (non-hydrogen) atoms. The molecule has 0 aromatic heterocycles. The number of benzene rings is 1. The fourth-order valence-corrected chi connectivity index (χ4v) is 2.92. The Hall–Kier alpha value is -2.62. The molecule has 0 radical (unpaired) electrons. The van der Waals surface area contributed by atoms with E-state index in [0.29, 0.717) is 11.1 Å². The van der Waals surface area contributed by atoms with Crippen LogP contribution in [0.5, 0.6) is 5.75 Å². The van der Waals surface area contributed by atoms with Gasteiger partial charge >= 0.3 is 18.1 Å². The number of aliphatic carboxylic acids is 1. The highest BCUT2D eigenvalue weighted by atomic mass is 19.4. The van der Waals surface area contributed by atoms with Crippen molar-refractivity contribution in [3.05, 3.63) is 29.3 Å². The Kier molecular flexibility index (Phi) is 9.04. The van der Waals surface area contributed by atoms with Crippen LogP contribution in [0.2, 0.25) is 0 Å². The highest BCUT2D eigenvalue weighted by molar-refractivity contribution is 5.97. The van der Waals surface area contributed by atoms with E-state index in [0.717, 1.165) is 4.90 Å². The average Bonchev–Trinajstić information content (AvgIpc) is 2.56. The standard InChI is InChI=1S/C21H28F3NO6/c1-13(26)16(19(28)29)9-15-7-6-14(8-17(15)30-5)10-25(12-21(22,23)24)11-18(27)31-20(2,3)4/h6-8,16H,9-12H2,1-5H3,(H,28,29). The minimum absolute atomic E-state index is 0.113. The molecule has 0 spiro atoms. The third kappa shape index (κ3) is 9.82. The summed E-state index contributed by atoms with van der Waals surface area (Å²) in [6.07, 6.45) is -4.64. The molecule has 1 N–H and O–H groups in total. The smallest absolute Gasteiger partial charge is 0.401 e. The summed E-state index contributed by atoms with van der Waals surface area (Å²) in [6, 6.07) is 4.48. The lowest BCUT2D eigenvalue weighted by atomic mass is 9.94. The van der Waals surface area contributed by atoms with Crippen LogP contribution in [0, 0.1) is 5.92 Å². The Morgan fingerprint density at radius 1 is 1.16 bits per heavy atom. The van der Waals surface area contributed by atoms with Crippen LogP contribution in [0.15, 0.2) is 18.2 Å². The first kappa shape index (κ1) is 26.4.